The first-order valence-corrected chi connectivity index (χ1v) is 6.98. The minimum Gasteiger partial charge on any atom is -0.323 e. The van der Waals surface area contributed by atoms with Crippen molar-refractivity contribution in [1.82, 2.24) is 4.90 Å². The lowest BCUT2D eigenvalue weighted by Crippen LogP contribution is -2.42. The Bertz CT molecular complexity index is 597. The molecule has 1 atom stereocenters. The van der Waals surface area contributed by atoms with Crippen LogP contribution in [0.2, 0.25) is 0 Å². The van der Waals surface area contributed by atoms with E-state index in [1.807, 2.05) is 0 Å². The molecular weight excluding hydrogens is 326 g/mol. The van der Waals surface area contributed by atoms with Gasteiger partial charge >= 0.3 is 0 Å². The van der Waals surface area contributed by atoms with Crippen LogP contribution < -0.4 is 0 Å². The van der Waals surface area contributed by atoms with Crippen molar-refractivity contribution in [2.45, 2.75) is 25.3 Å². The van der Waals surface area contributed by atoms with E-state index in [1.54, 1.807) is 6.07 Å². The number of piperidine rings is 1. The zero-order valence-electron chi connectivity index (χ0n) is 10.6. The number of nitriles is 1. The highest BCUT2D eigenvalue weighted by molar-refractivity contribution is 9.10. The molecule has 7 heteroatoms. The Morgan fingerprint density at radius 1 is 1.45 bits per heavy atom. The second-order valence-electron chi connectivity index (χ2n) is 4.59. The molecule has 1 aliphatic heterocycles. The van der Waals surface area contributed by atoms with Crippen LogP contribution in [0.1, 0.15) is 29.6 Å². The molecule has 1 aliphatic rings. The largest absolute Gasteiger partial charge is 0.323 e. The molecule has 1 aromatic rings. The summed E-state index contributed by atoms with van der Waals surface area (Å²) in [6, 6.07) is 5.79. The van der Waals surface area contributed by atoms with Gasteiger partial charge in [-0.05, 0) is 25.3 Å². The summed E-state index contributed by atoms with van der Waals surface area (Å²) in [6.07, 6.45) is 2.42. The molecular formula is C13H12BrN3O3. The Morgan fingerprint density at radius 3 is 2.85 bits per heavy atom. The number of non-ortho nitro benzene ring substituents is 1. The van der Waals surface area contributed by atoms with Gasteiger partial charge in [-0.25, -0.2) is 0 Å². The number of carbonyl (C=O) groups is 1. The van der Waals surface area contributed by atoms with Gasteiger partial charge in [-0.2, -0.15) is 5.26 Å². The molecule has 0 saturated carbocycles. The van der Waals surface area contributed by atoms with E-state index in [0.717, 1.165) is 12.8 Å². The van der Waals surface area contributed by atoms with E-state index >= 15 is 0 Å². The quantitative estimate of drug-likeness (QED) is 0.613. The van der Waals surface area contributed by atoms with Gasteiger partial charge in [0.15, 0.2) is 0 Å². The van der Waals surface area contributed by atoms with Gasteiger partial charge < -0.3 is 4.90 Å². The minimum absolute atomic E-state index is 0.145. The van der Waals surface area contributed by atoms with Crippen LogP contribution in [-0.4, -0.2) is 28.3 Å². The summed E-state index contributed by atoms with van der Waals surface area (Å²) >= 11 is 3.17. The molecule has 0 aromatic heterocycles. The van der Waals surface area contributed by atoms with Crippen molar-refractivity contribution >= 4 is 27.5 Å². The van der Waals surface area contributed by atoms with Crippen LogP contribution >= 0.6 is 15.9 Å². The molecule has 6 nitrogen and oxygen atoms in total. The van der Waals surface area contributed by atoms with E-state index in [-0.39, 0.29) is 17.2 Å². The molecule has 2 rings (SSSR count). The van der Waals surface area contributed by atoms with E-state index in [0.29, 0.717) is 17.4 Å². The van der Waals surface area contributed by atoms with Crippen molar-refractivity contribution in [2.75, 3.05) is 6.54 Å². The zero-order chi connectivity index (χ0) is 14.7. The molecule has 1 fully saturated rings. The van der Waals surface area contributed by atoms with Crippen molar-refractivity contribution in [2.24, 2.45) is 0 Å². The number of hydrogen-bond acceptors (Lipinski definition) is 4. The fourth-order valence-corrected chi connectivity index (χ4v) is 2.76. The fourth-order valence-electron chi connectivity index (χ4n) is 2.28. The maximum atomic E-state index is 12.4. The highest BCUT2D eigenvalue weighted by atomic mass is 79.9. The minimum atomic E-state index is -0.542. The molecule has 0 aliphatic carbocycles. The number of nitrogens with zero attached hydrogens (tertiary/aromatic N) is 3. The highest BCUT2D eigenvalue weighted by Crippen LogP contribution is 2.25. The number of benzene rings is 1. The van der Waals surface area contributed by atoms with Crippen LogP contribution in [-0.2, 0) is 0 Å². The predicted octanol–water partition coefficient (Wildman–Crippen LogP) is 2.88. The number of nitro groups is 1. The first-order chi connectivity index (χ1) is 9.52. The number of carbonyl (C=O) groups excluding carboxylic acids is 1. The summed E-state index contributed by atoms with van der Waals surface area (Å²) in [5, 5.41) is 19.9. The molecule has 1 unspecified atom stereocenters. The monoisotopic (exact) mass is 337 g/mol. The standard InChI is InChI=1S/C13H12BrN3O3/c14-10-5-9(6-12(7-10)17(19)20)13(18)16-4-2-1-3-11(16)8-15/h5-7,11H,1-4H2. The number of halogens is 1. The third-order valence-electron chi connectivity index (χ3n) is 3.25. The van der Waals surface area contributed by atoms with Gasteiger partial charge in [-0.3, -0.25) is 14.9 Å². The van der Waals surface area contributed by atoms with Gasteiger partial charge in [-0.15, -0.1) is 0 Å². The SMILES string of the molecule is N#CC1CCCCN1C(=O)c1cc(Br)cc([N+](=O)[O-])c1. The number of likely N-dealkylation sites (tertiary alicyclic amines) is 1. The molecule has 104 valence electrons. The first kappa shape index (κ1) is 14.5. The Hall–Kier alpha value is -1.94. The number of amides is 1. The van der Waals surface area contributed by atoms with Crippen molar-refractivity contribution in [1.29, 1.82) is 5.26 Å². The molecule has 0 radical (unpaired) electrons. The molecule has 1 amide bonds. The summed E-state index contributed by atoms with van der Waals surface area (Å²) in [4.78, 5) is 24.2. The van der Waals surface area contributed by atoms with Crippen LogP contribution in [0, 0.1) is 21.4 Å². The number of rotatable bonds is 2. The van der Waals surface area contributed by atoms with Crippen molar-refractivity contribution in [3.8, 4) is 6.07 Å². The molecule has 1 saturated heterocycles. The molecule has 20 heavy (non-hydrogen) atoms. The Kier molecular flexibility index (Phi) is 4.35. The molecule has 1 aromatic carbocycles. The summed E-state index contributed by atoms with van der Waals surface area (Å²) in [5.74, 6) is -0.333. The van der Waals surface area contributed by atoms with Crippen LogP contribution in [0.15, 0.2) is 22.7 Å². The van der Waals surface area contributed by atoms with Crippen LogP contribution in [0.4, 0.5) is 5.69 Å². The van der Waals surface area contributed by atoms with Crippen molar-refractivity contribution in [3.63, 3.8) is 0 Å². The normalized spacial score (nSPS) is 18.4. The predicted molar refractivity (Wildman–Crippen MR) is 75.1 cm³/mol. The molecule has 0 bridgehead atoms. The van der Waals surface area contributed by atoms with Crippen LogP contribution in [0.25, 0.3) is 0 Å². The fraction of sp³-hybridized carbons (Fsp3) is 0.385. The van der Waals surface area contributed by atoms with Gasteiger partial charge in [-0.1, -0.05) is 15.9 Å². The lowest BCUT2D eigenvalue weighted by molar-refractivity contribution is -0.385. The summed E-state index contributed by atoms with van der Waals surface area (Å²) < 4.78 is 0.473. The van der Waals surface area contributed by atoms with E-state index in [9.17, 15) is 14.9 Å². The molecule has 1 heterocycles. The zero-order valence-corrected chi connectivity index (χ0v) is 12.2. The van der Waals surface area contributed by atoms with Gasteiger partial charge in [0.05, 0.1) is 11.0 Å². The highest BCUT2D eigenvalue weighted by Gasteiger charge is 2.28. The van der Waals surface area contributed by atoms with Gasteiger partial charge in [0.1, 0.15) is 6.04 Å². The Balaban J connectivity index is 2.33. The second-order valence-corrected chi connectivity index (χ2v) is 5.51. The van der Waals surface area contributed by atoms with E-state index in [1.165, 1.54) is 17.0 Å². The lowest BCUT2D eigenvalue weighted by atomic mass is 10.0. The maximum absolute atomic E-state index is 12.4. The van der Waals surface area contributed by atoms with Gasteiger partial charge in [0.2, 0.25) is 0 Å². The Labute approximate surface area is 124 Å². The second kappa shape index (κ2) is 6.01. The van der Waals surface area contributed by atoms with Gasteiger partial charge in [0.25, 0.3) is 11.6 Å². The van der Waals surface area contributed by atoms with Crippen molar-refractivity contribution < 1.29 is 9.72 Å². The van der Waals surface area contributed by atoms with E-state index < -0.39 is 11.0 Å². The Morgan fingerprint density at radius 2 is 2.20 bits per heavy atom. The topological polar surface area (TPSA) is 87.2 Å². The average molecular weight is 338 g/mol. The summed E-state index contributed by atoms with van der Waals surface area (Å²) in [6.45, 7) is 0.511. The summed E-state index contributed by atoms with van der Waals surface area (Å²) in [5.41, 5.74) is 0.0847. The number of hydrogen-bond donors (Lipinski definition) is 0. The van der Waals surface area contributed by atoms with E-state index in [2.05, 4.69) is 22.0 Å². The van der Waals surface area contributed by atoms with Crippen LogP contribution in [0.5, 0.6) is 0 Å². The third-order valence-corrected chi connectivity index (χ3v) is 3.71. The molecule has 0 spiro atoms. The smallest absolute Gasteiger partial charge is 0.271 e. The van der Waals surface area contributed by atoms with E-state index in [4.69, 9.17) is 5.26 Å². The maximum Gasteiger partial charge on any atom is 0.271 e. The molecule has 0 N–H and O–H groups in total. The van der Waals surface area contributed by atoms with Crippen molar-refractivity contribution in [3.05, 3.63) is 38.3 Å². The third kappa shape index (κ3) is 2.96. The van der Waals surface area contributed by atoms with Crippen LogP contribution in [0.3, 0.4) is 0 Å². The lowest BCUT2D eigenvalue weighted by Gasteiger charge is -2.31. The first-order valence-electron chi connectivity index (χ1n) is 6.18. The average Bonchev–Trinajstić information content (AvgIpc) is 2.45. The van der Waals surface area contributed by atoms with Gasteiger partial charge in [0, 0.05) is 28.7 Å². The summed E-state index contributed by atoms with van der Waals surface area (Å²) in [7, 11) is 0. The number of nitro benzene ring substituents is 1.